The van der Waals surface area contributed by atoms with Crippen LogP contribution in [-0.2, 0) is 0 Å². The van der Waals surface area contributed by atoms with E-state index in [0.717, 1.165) is 0 Å². The van der Waals surface area contributed by atoms with Crippen molar-refractivity contribution in [1.82, 2.24) is 4.90 Å². The maximum atomic E-state index is 13.5. The third kappa shape index (κ3) is 1.97. The van der Waals surface area contributed by atoms with E-state index in [1.54, 1.807) is 0 Å². The third-order valence-electron chi connectivity index (χ3n) is 2.20. The average molecular weight is 170 g/mol. The summed E-state index contributed by atoms with van der Waals surface area (Å²) in [7, 11) is 5.02. The van der Waals surface area contributed by atoms with Crippen molar-refractivity contribution < 1.29 is 9.18 Å². The number of hydrogen-bond donors (Lipinski definition) is 1. The Kier molecular flexibility index (Phi) is 2.72. The Bertz CT molecular complexity index is 190. The van der Waals surface area contributed by atoms with Crippen LogP contribution in [0.4, 0.5) is 9.18 Å². The third-order valence-corrected chi connectivity index (χ3v) is 2.20. The first-order valence-corrected chi connectivity index (χ1v) is 4.01. The molecule has 0 aromatic carbocycles. The summed E-state index contributed by atoms with van der Waals surface area (Å²) in [5.41, 5.74) is 3.82. The molecule has 1 aliphatic rings. The lowest BCUT2D eigenvalue weighted by Gasteiger charge is -2.36. The van der Waals surface area contributed by atoms with Gasteiger partial charge in [0.25, 0.3) is 0 Å². The largest absolute Gasteiger partial charge is 0.349 e. The Morgan fingerprint density at radius 2 is 2.42 bits per heavy atom. The van der Waals surface area contributed by atoms with Crippen LogP contribution in [-0.4, -0.2) is 43.9 Å². The zero-order chi connectivity index (χ0) is 9.19. The van der Waals surface area contributed by atoms with E-state index in [2.05, 4.69) is 0 Å². The van der Waals surface area contributed by atoms with Crippen molar-refractivity contribution >= 4 is 13.7 Å². The summed E-state index contributed by atoms with van der Waals surface area (Å²) < 4.78 is 13.5. The van der Waals surface area contributed by atoms with Gasteiger partial charge in [0.1, 0.15) is 5.67 Å². The highest BCUT2D eigenvalue weighted by Crippen LogP contribution is 2.23. The summed E-state index contributed by atoms with van der Waals surface area (Å²) in [5.74, 6) is -0.565. The molecule has 3 nitrogen and oxygen atoms in total. The van der Waals surface area contributed by atoms with Gasteiger partial charge in [-0.05, 0) is 12.8 Å². The van der Waals surface area contributed by atoms with Crippen molar-refractivity contribution in [1.29, 1.82) is 0 Å². The molecule has 0 bridgehead atoms. The molecule has 12 heavy (non-hydrogen) atoms. The topological polar surface area (TPSA) is 46.3 Å². The predicted molar refractivity (Wildman–Crippen MR) is 44.9 cm³/mol. The quantitative estimate of drug-likeness (QED) is 0.564. The number of nitrogens with two attached hydrogens (primary N) is 1. The Morgan fingerprint density at radius 3 is 2.92 bits per heavy atom. The number of nitrogens with zero attached hydrogens (tertiary/aromatic N) is 1. The van der Waals surface area contributed by atoms with Crippen LogP contribution in [0.15, 0.2) is 0 Å². The van der Waals surface area contributed by atoms with E-state index in [1.807, 2.05) is 0 Å². The number of likely N-dealkylation sites (tertiary alicyclic amines) is 1. The van der Waals surface area contributed by atoms with Crippen molar-refractivity contribution in [3.8, 4) is 0 Å². The molecule has 5 heteroatoms. The average Bonchev–Trinajstić information content (AvgIpc) is 2.05. The number of alkyl halides is 1. The maximum Gasteiger partial charge on any atom is 0.200 e. The SMILES string of the molecule is [B]C(=O)N1CCC[C@@](F)(CN)C1. The monoisotopic (exact) mass is 170 g/mol. The standard InChI is InChI=1S/C7H12BFN2O/c8-6(12)11-3-1-2-7(9,4-10)5-11/h1-5,10H2/t7-/m1/s1. The van der Waals surface area contributed by atoms with Gasteiger partial charge in [-0.1, -0.05) is 0 Å². The zero-order valence-electron chi connectivity index (χ0n) is 6.92. The fraction of sp³-hybridized carbons (Fsp3) is 0.857. The van der Waals surface area contributed by atoms with Crippen molar-refractivity contribution in [2.75, 3.05) is 19.6 Å². The minimum absolute atomic E-state index is 0.0405. The van der Waals surface area contributed by atoms with Crippen molar-refractivity contribution in [3.63, 3.8) is 0 Å². The molecule has 1 fully saturated rings. The molecule has 2 N–H and O–H groups in total. The van der Waals surface area contributed by atoms with E-state index in [1.165, 1.54) is 4.90 Å². The summed E-state index contributed by atoms with van der Waals surface area (Å²) >= 11 is 0. The highest BCUT2D eigenvalue weighted by molar-refractivity contribution is 6.56. The Hall–Kier alpha value is -0.575. The van der Waals surface area contributed by atoms with Gasteiger partial charge in [0.05, 0.1) is 6.54 Å². The number of piperidine rings is 1. The molecule has 1 atom stereocenters. The van der Waals surface area contributed by atoms with Gasteiger partial charge in [-0.2, -0.15) is 0 Å². The first kappa shape index (κ1) is 9.51. The smallest absolute Gasteiger partial charge is 0.200 e. The minimum Gasteiger partial charge on any atom is -0.349 e. The van der Waals surface area contributed by atoms with Crippen molar-refractivity contribution in [2.24, 2.45) is 5.73 Å². The second-order valence-electron chi connectivity index (χ2n) is 3.22. The molecule has 0 aromatic rings. The predicted octanol–water partition coefficient (Wildman–Crippen LogP) is 0.0377. The van der Waals surface area contributed by atoms with E-state index in [4.69, 9.17) is 13.6 Å². The van der Waals surface area contributed by atoms with Crippen molar-refractivity contribution in [2.45, 2.75) is 18.5 Å². The number of halogens is 1. The number of hydrogen-bond acceptors (Lipinski definition) is 2. The first-order valence-electron chi connectivity index (χ1n) is 4.01. The minimum atomic E-state index is -1.42. The van der Waals surface area contributed by atoms with Gasteiger partial charge in [0, 0.05) is 13.1 Å². The molecule has 0 saturated carbocycles. The summed E-state index contributed by atoms with van der Waals surface area (Å²) in [5, 5.41) is 0. The fourth-order valence-corrected chi connectivity index (χ4v) is 1.44. The lowest BCUT2D eigenvalue weighted by atomic mass is 9.93. The van der Waals surface area contributed by atoms with Gasteiger partial charge in [0.2, 0.25) is 7.85 Å². The van der Waals surface area contributed by atoms with Crippen LogP contribution in [0.2, 0.25) is 0 Å². The molecule has 1 saturated heterocycles. The van der Waals surface area contributed by atoms with Crippen LogP contribution in [0.5, 0.6) is 0 Å². The van der Waals surface area contributed by atoms with Crippen LogP contribution >= 0.6 is 0 Å². The highest BCUT2D eigenvalue weighted by Gasteiger charge is 2.34. The van der Waals surface area contributed by atoms with Crippen molar-refractivity contribution in [3.05, 3.63) is 0 Å². The second kappa shape index (κ2) is 3.43. The van der Waals surface area contributed by atoms with Crippen LogP contribution in [0.1, 0.15) is 12.8 Å². The second-order valence-corrected chi connectivity index (χ2v) is 3.22. The van der Waals surface area contributed by atoms with E-state index in [9.17, 15) is 9.18 Å². The first-order chi connectivity index (χ1) is 5.57. The maximum absolute atomic E-state index is 13.5. The molecule has 0 aliphatic carbocycles. The molecular formula is C7H12BFN2O. The Labute approximate surface area is 72.5 Å². The summed E-state index contributed by atoms with van der Waals surface area (Å²) in [6.45, 7) is 0.538. The summed E-state index contributed by atoms with van der Waals surface area (Å²) in [6, 6.07) is 0. The molecular weight excluding hydrogens is 158 g/mol. The van der Waals surface area contributed by atoms with E-state index >= 15 is 0 Å². The summed E-state index contributed by atoms with van der Waals surface area (Å²) in [4.78, 5) is 12.0. The summed E-state index contributed by atoms with van der Waals surface area (Å²) in [6.07, 6.45) is 1.06. The normalized spacial score (nSPS) is 30.3. The van der Waals surface area contributed by atoms with Gasteiger partial charge < -0.3 is 10.6 Å². The van der Waals surface area contributed by atoms with Gasteiger partial charge >= 0.3 is 0 Å². The lowest BCUT2D eigenvalue weighted by molar-refractivity contribution is 0.0749. The van der Waals surface area contributed by atoms with E-state index in [0.29, 0.717) is 19.4 Å². The number of amides is 1. The van der Waals surface area contributed by atoms with Crippen LogP contribution in [0.3, 0.4) is 0 Å². The molecule has 2 radical (unpaired) electrons. The van der Waals surface area contributed by atoms with Gasteiger partial charge in [-0.3, -0.25) is 4.79 Å². The lowest BCUT2D eigenvalue weighted by Crippen LogP contribution is -2.51. The number of carbonyl (C=O) groups is 1. The van der Waals surface area contributed by atoms with Crippen LogP contribution < -0.4 is 5.73 Å². The highest BCUT2D eigenvalue weighted by atomic mass is 19.1. The van der Waals surface area contributed by atoms with Gasteiger partial charge in [-0.25, -0.2) is 4.39 Å². The number of rotatable bonds is 1. The molecule has 0 aromatic heterocycles. The van der Waals surface area contributed by atoms with Gasteiger partial charge in [0.15, 0.2) is 5.81 Å². The molecule has 66 valence electrons. The molecule has 1 rings (SSSR count). The Morgan fingerprint density at radius 1 is 1.75 bits per heavy atom. The Balaban J connectivity index is 2.57. The molecule has 1 heterocycles. The van der Waals surface area contributed by atoms with Crippen LogP contribution in [0, 0.1) is 0 Å². The van der Waals surface area contributed by atoms with E-state index in [-0.39, 0.29) is 13.1 Å². The zero-order valence-corrected chi connectivity index (χ0v) is 6.92. The van der Waals surface area contributed by atoms with Crippen LogP contribution in [0.25, 0.3) is 0 Å². The molecule has 0 spiro atoms. The number of carbonyl (C=O) groups excluding carboxylic acids is 1. The fourth-order valence-electron chi connectivity index (χ4n) is 1.44. The molecule has 0 unspecified atom stereocenters. The van der Waals surface area contributed by atoms with Gasteiger partial charge in [-0.15, -0.1) is 0 Å². The molecule has 1 aliphatic heterocycles. The molecule has 1 amide bonds. The van der Waals surface area contributed by atoms with E-state index < -0.39 is 11.5 Å².